The van der Waals surface area contributed by atoms with Crippen LogP contribution in [-0.4, -0.2) is 26.3 Å². The van der Waals surface area contributed by atoms with Crippen LogP contribution < -0.4 is 0 Å². The third kappa shape index (κ3) is 4.95. The van der Waals surface area contributed by atoms with Crippen molar-refractivity contribution in [2.75, 3.05) is 20.3 Å². The lowest BCUT2D eigenvalue weighted by Crippen LogP contribution is -2.01. The topological polar surface area (TPSA) is 75.0 Å². The zero-order valence-corrected chi connectivity index (χ0v) is 15.7. The number of esters is 1. The Labute approximate surface area is 139 Å². The van der Waals surface area contributed by atoms with Gasteiger partial charge in [-0.25, -0.2) is 4.79 Å². The first-order valence-corrected chi connectivity index (χ1v) is 9.78. The summed E-state index contributed by atoms with van der Waals surface area (Å²) in [6.07, 6.45) is 0.793. The maximum absolute atomic E-state index is 12.7. The van der Waals surface area contributed by atoms with Gasteiger partial charge in [0.1, 0.15) is 5.76 Å². The lowest BCUT2D eigenvalue weighted by Gasteiger charge is -2.17. The van der Waals surface area contributed by atoms with Crippen LogP contribution >= 0.6 is 23.5 Å². The summed E-state index contributed by atoms with van der Waals surface area (Å²) in [6.45, 7) is 6.02. The van der Waals surface area contributed by atoms with Crippen LogP contribution in [0.3, 0.4) is 0 Å². The van der Waals surface area contributed by atoms with E-state index in [9.17, 15) is 9.36 Å². The first-order valence-electron chi connectivity index (χ1n) is 7.13. The van der Waals surface area contributed by atoms with Gasteiger partial charge in [-0.2, -0.15) is 0 Å². The number of ether oxygens (including phenoxy) is 1. The van der Waals surface area contributed by atoms with Gasteiger partial charge >= 0.3 is 13.6 Å². The molecule has 1 heterocycles. The third-order valence-corrected chi connectivity index (χ3v) is 5.98. The Morgan fingerprint density at radius 2 is 1.91 bits per heavy atom. The normalized spacial score (nSPS) is 13.1. The molecule has 22 heavy (non-hydrogen) atoms. The number of carbonyl (C=O) groups is 1. The van der Waals surface area contributed by atoms with E-state index in [4.69, 9.17) is 13.5 Å². The van der Waals surface area contributed by atoms with Gasteiger partial charge in [0.15, 0.2) is 0 Å². The Morgan fingerprint density at radius 3 is 2.36 bits per heavy atom. The Morgan fingerprint density at radius 1 is 1.32 bits per heavy atom. The quantitative estimate of drug-likeness (QED) is 0.342. The van der Waals surface area contributed by atoms with Crippen LogP contribution in [0.5, 0.6) is 0 Å². The van der Waals surface area contributed by atoms with Crippen molar-refractivity contribution in [3.8, 4) is 0 Å². The number of rotatable bonds is 9. The van der Waals surface area contributed by atoms with Crippen LogP contribution in [0.25, 0.3) is 0 Å². The molecule has 1 aromatic heterocycles. The van der Waals surface area contributed by atoms with E-state index in [0.29, 0.717) is 11.3 Å². The highest BCUT2D eigenvalue weighted by atomic mass is 79.9. The van der Waals surface area contributed by atoms with Crippen LogP contribution in [0, 0.1) is 0 Å². The average molecular weight is 397 g/mol. The summed E-state index contributed by atoms with van der Waals surface area (Å²) in [5, 5.41) is 0. The Bertz CT molecular complexity index is 531. The molecule has 0 N–H and O–H groups in total. The van der Waals surface area contributed by atoms with Crippen LogP contribution in [0.4, 0.5) is 0 Å². The molecule has 0 amide bonds. The van der Waals surface area contributed by atoms with Gasteiger partial charge in [-0.15, -0.1) is 0 Å². The predicted octanol–water partition coefficient (Wildman–Crippen LogP) is 4.68. The van der Waals surface area contributed by atoms with E-state index in [-0.39, 0.29) is 30.0 Å². The van der Waals surface area contributed by atoms with Gasteiger partial charge in [-0.1, -0.05) is 22.9 Å². The van der Waals surface area contributed by atoms with Crippen molar-refractivity contribution in [1.82, 2.24) is 0 Å². The van der Waals surface area contributed by atoms with E-state index < -0.39 is 13.6 Å². The van der Waals surface area contributed by atoms with Gasteiger partial charge in [-0.05, 0) is 26.3 Å². The lowest BCUT2D eigenvalue weighted by atomic mass is 10.2. The average Bonchev–Trinajstić information content (AvgIpc) is 2.89. The highest BCUT2D eigenvalue weighted by molar-refractivity contribution is 9.09. The summed E-state index contributed by atoms with van der Waals surface area (Å²) < 4.78 is 33.5. The first-order chi connectivity index (χ1) is 10.4. The van der Waals surface area contributed by atoms with Crippen molar-refractivity contribution < 1.29 is 27.6 Å². The molecule has 1 atom stereocenters. The fourth-order valence-electron chi connectivity index (χ4n) is 1.95. The molecule has 0 aliphatic heterocycles. The molecule has 0 radical (unpaired) electrons. The Hall–Kier alpha value is -0.620. The van der Waals surface area contributed by atoms with Crippen molar-refractivity contribution in [3.63, 3.8) is 0 Å². The van der Waals surface area contributed by atoms with Crippen LogP contribution in [0.15, 0.2) is 10.5 Å². The maximum Gasteiger partial charge on any atom is 0.373 e. The highest BCUT2D eigenvalue weighted by Gasteiger charge is 2.30. The molecular weight excluding hydrogens is 375 g/mol. The van der Waals surface area contributed by atoms with Crippen molar-refractivity contribution >= 4 is 29.5 Å². The Balaban J connectivity index is 3.17. The molecule has 0 aliphatic rings. The van der Waals surface area contributed by atoms with Crippen molar-refractivity contribution in [2.24, 2.45) is 0 Å². The molecule has 0 saturated carbocycles. The highest BCUT2D eigenvalue weighted by Crippen LogP contribution is 2.52. The smallest absolute Gasteiger partial charge is 0.373 e. The second kappa shape index (κ2) is 8.87. The molecule has 0 aliphatic carbocycles. The summed E-state index contributed by atoms with van der Waals surface area (Å²) in [7, 11) is -2.00. The van der Waals surface area contributed by atoms with Gasteiger partial charge in [0.05, 0.1) is 31.3 Å². The minimum absolute atomic E-state index is 0.0482. The van der Waals surface area contributed by atoms with E-state index in [1.807, 2.05) is 6.92 Å². The van der Waals surface area contributed by atoms with Gasteiger partial charge in [0, 0.05) is 5.56 Å². The number of hydrogen-bond donors (Lipinski definition) is 0. The summed E-state index contributed by atoms with van der Waals surface area (Å²) >= 11 is 3.49. The largest absolute Gasteiger partial charge is 0.463 e. The minimum Gasteiger partial charge on any atom is -0.463 e. The van der Waals surface area contributed by atoms with E-state index in [1.54, 1.807) is 13.8 Å². The number of methoxy groups -OCH3 is 1. The number of furan rings is 1. The summed E-state index contributed by atoms with van der Waals surface area (Å²) in [5.74, 6) is 0.0402. The second-order valence-electron chi connectivity index (χ2n) is 4.47. The summed E-state index contributed by atoms with van der Waals surface area (Å²) in [5.41, 5.74) is 0.620. The van der Waals surface area contributed by atoms with E-state index >= 15 is 0 Å². The molecule has 6 nitrogen and oxygen atoms in total. The molecule has 1 rings (SSSR count). The molecule has 8 heteroatoms. The van der Waals surface area contributed by atoms with Gasteiger partial charge in [-0.3, -0.25) is 4.57 Å². The summed E-state index contributed by atoms with van der Waals surface area (Å²) in [4.78, 5) is 11.5. The van der Waals surface area contributed by atoms with Crippen molar-refractivity contribution in [3.05, 3.63) is 23.2 Å². The maximum atomic E-state index is 12.7. The minimum atomic E-state index is -3.28. The van der Waals surface area contributed by atoms with E-state index in [2.05, 4.69) is 20.7 Å². The van der Waals surface area contributed by atoms with Crippen molar-refractivity contribution in [2.45, 2.75) is 38.2 Å². The zero-order valence-electron chi connectivity index (χ0n) is 13.3. The van der Waals surface area contributed by atoms with Gasteiger partial charge in [0.25, 0.3) is 0 Å². The van der Waals surface area contributed by atoms with Crippen molar-refractivity contribution in [1.29, 1.82) is 0 Å². The van der Waals surface area contributed by atoms with E-state index in [1.165, 1.54) is 13.2 Å². The lowest BCUT2D eigenvalue weighted by molar-refractivity contribution is 0.0563. The molecular formula is C14H22BrO6P. The summed E-state index contributed by atoms with van der Waals surface area (Å²) in [6, 6.07) is 1.54. The van der Waals surface area contributed by atoms with Gasteiger partial charge < -0.3 is 18.2 Å². The number of alkyl halides is 1. The predicted molar refractivity (Wildman–Crippen MR) is 86.6 cm³/mol. The molecule has 1 aromatic rings. The molecule has 0 spiro atoms. The number of halogens is 1. The van der Waals surface area contributed by atoms with Crippen LogP contribution in [-0.2, 0) is 24.5 Å². The SMILES string of the molecule is CCOP(=O)(Cc1cc(C(=O)OC)oc1C(Br)CC)OCC. The second-order valence-corrected chi connectivity index (χ2v) is 7.63. The molecule has 126 valence electrons. The standard InChI is InChI=1S/C14H22BrO6P/c1-5-11(15)13-10(8-12(21-13)14(16)18-4)9-22(17,19-6-2)20-7-3/h8,11H,5-7,9H2,1-4H3. The monoisotopic (exact) mass is 396 g/mol. The fourth-order valence-corrected chi connectivity index (χ4v) is 4.04. The molecule has 0 aromatic carbocycles. The van der Waals surface area contributed by atoms with E-state index in [0.717, 1.165) is 6.42 Å². The molecule has 1 unspecified atom stereocenters. The zero-order chi connectivity index (χ0) is 16.8. The fraction of sp³-hybridized carbons (Fsp3) is 0.643. The number of hydrogen-bond acceptors (Lipinski definition) is 6. The number of carbonyl (C=O) groups excluding carboxylic acids is 1. The molecule has 0 saturated heterocycles. The first kappa shape index (κ1) is 19.4. The Kier molecular flexibility index (Phi) is 7.83. The van der Waals surface area contributed by atoms with Crippen LogP contribution in [0.1, 0.15) is 53.9 Å². The van der Waals surface area contributed by atoms with Gasteiger partial charge in [0.2, 0.25) is 5.76 Å². The third-order valence-electron chi connectivity index (χ3n) is 2.89. The van der Waals surface area contributed by atoms with Crippen LogP contribution in [0.2, 0.25) is 0 Å². The molecule has 0 bridgehead atoms. The molecule has 0 fully saturated rings.